The molecular formula is C13H17ClN2O3. The largest absolute Gasteiger partial charge is 0.337 e. The van der Waals surface area contributed by atoms with Gasteiger partial charge in [0.25, 0.3) is 11.6 Å². The summed E-state index contributed by atoms with van der Waals surface area (Å²) in [6.45, 7) is 4.59. The second-order valence-corrected chi connectivity index (χ2v) is 4.57. The van der Waals surface area contributed by atoms with Crippen LogP contribution in [0.25, 0.3) is 0 Å². The molecular weight excluding hydrogens is 268 g/mol. The summed E-state index contributed by atoms with van der Waals surface area (Å²) in [5.74, 6) is 0.142. The van der Waals surface area contributed by atoms with E-state index in [0.29, 0.717) is 30.1 Å². The zero-order valence-electron chi connectivity index (χ0n) is 11.1. The van der Waals surface area contributed by atoms with E-state index in [-0.39, 0.29) is 11.6 Å². The maximum Gasteiger partial charge on any atom is 0.273 e. The molecule has 19 heavy (non-hydrogen) atoms. The second-order valence-electron chi connectivity index (χ2n) is 4.19. The van der Waals surface area contributed by atoms with Crippen molar-refractivity contribution < 1.29 is 9.72 Å². The highest BCUT2D eigenvalue weighted by Gasteiger charge is 2.21. The fraction of sp³-hybridized carbons (Fsp3) is 0.462. The first kappa shape index (κ1) is 15.4. The smallest absolute Gasteiger partial charge is 0.273 e. The number of halogens is 1. The Bertz CT molecular complexity index is 471. The van der Waals surface area contributed by atoms with E-state index in [1.807, 2.05) is 6.92 Å². The van der Waals surface area contributed by atoms with Crippen LogP contribution < -0.4 is 0 Å². The van der Waals surface area contributed by atoms with E-state index in [2.05, 4.69) is 0 Å². The summed E-state index contributed by atoms with van der Waals surface area (Å²) in [4.78, 5) is 24.4. The van der Waals surface area contributed by atoms with Gasteiger partial charge in [-0.25, -0.2) is 0 Å². The number of rotatable bonds is 6. The number of amides is 1. The number of carbonyl (C=O) groups is 1. The van der Waals surface area contributed by atoms with E-state index in [4.69, 9.17) is 11.6 Å². The summed E-state index contributed by atoms with van der Waals surface area (Å²) in [5.41, 5.74) is 0.731. The minimum atomic E-state index is -0.474. The van der Waals surface area contributed by atoms with Crippen molar-refractivity contribution in [2.75, 3.05) is 19.0 Å². The Morgan fingerprint density at radius 1 is 1.42 bits per heavy atom. The molecule has 0 spiro atoms. The molecule has 104 valence electrons. The lowest BCUT2D eigenvalue weighted by molar-refractivity contribution is -0.385. The normalized spacial score (nSPS) is 10.3. The number of hydrogen-bond acceptors (Lipinski definition) is 3. The maximum absolute atomic E-state index is 12.4. The minimum Gasteiger partial charge on any atom is -0.337 e. The number of nitro groups is 1. The lowest BCUT2D eigenvalue weighted by Crippen LogP contribution is -2.34. The summed E-state index contributed by atoms with van der Waals surface area (Å²) in [7, 11) is 0. The molecule has 0 N–H and O–H groups in total. The van der Waals surface area contributed by atoms with Crippen molar-refractivity contribution in [2.45, 2.75) is 20.3 Å². The number of alkyl halides is 1. The van der Waals surface area contributed by atoms with Crippen molar-refractivity contribution in [1.29, 1.82) is 0 Å². The van der Waals surface area contributed by atoms with E-state index in [1.165, 1.54) is 12.1 Å². The molecule has 0 radical (unpaired) electrons. The van der Waals surface area contributed by atoms with Gasteiger partial charge in [0.2, 0.25) is 0 Å². The molecule has 6 heteroatoms. The molecule has 5 nitrogen and oxygen atoms in total. The Morgan fingerprint density at radius 2 is 2.11 bits per heavy atom. The molecule has 0 fully saturated rings. The van der Waals surface area contributed by atoms with Gasteiger partial charge in [0.05, 0.1) is 4.92 Å². The van der Waals surface area contributed by atoms with E-state index in [0.717, 1.165) is 6.42 Å². The van der Waals surface area contributed by atoms with Crippen LogP contribution in [0.3, 0.4) is 0 Å². The molecule has 0 atom stereocenters. The van der Waals surface area contributed by atoms with Crippen LogP contribution in [-0.2, 0) is 0 Å². The summed E-state index contributed by atoms with van der Waals surface area (Å²) in [6.07, 6.45) is 0.816. The maximum atomic E-state index is 12.4. The van der Waals surface area contributed by atoms with Gasteiger partial charge in [-0.1, -0.05) is 13.0 Å². The van der Waals surface area contributed by atoms with Gasteiger partial charge in [0.1, 0.15) is 0 Å². The number of carbonyl (C=O) groups excluding carboxylic acids is 1. The van der Waals surface area contributed by atoms with Gasteiger partial charge in [-0.15, -0.1) is 11.6 Å². The van der Waals surface area contributed by atoms with Crippen LogP contribution >= 0.6 is 11.6 Å². The van der Waals surface area contributed by atoms with Gasteiger partial charge in [0, 0.05) is 36.2 Å². The van der Waals surface area contributed by atoms with E-state index >= 15 is 0 Å². The molecule has 1 amide bonds. The average molecular weight is 285 g/mol. The quantitative estimate of drug-likeness (QED) is 0.458. The van der Waals surface area contributed by atoms with Crippen molar-refractivity contribution in [3.63, 3.8) is 0 Å². The van der Waals surface area contributed by atoms with Gasteiger partial charge >= 0.3 is 0 Å². The fourth-order valence-electron chi connectivity index (χ4n) is 1.91. The minimum absolute atomic E-state index is 0.0341. The number of nitro benzene ring substituents is 1. The van der Waals surface area contributed by atoms with E-state index in [1.54, 1.807) is 17.9 Å². The van der Waals surface area contributed by atoms with Crippen molar-refractivity contribution in [1.82, 2.24) is 4.90 Å². The number of nitrogens with zero attached hydrogens (tertiary/aromatic N) is 2. The second kappa shape index (κ2) is 7.09. The van der Waals surface area contributed by atoms with Crippen molar-refractivity contribution in [2.24, 2.45) is 0 Å². The molecule has 1 aromatic rings. The Balaban J connectivity index is 3.10. The van der Waals surface area contributed by atoms with Crippen LogP contribution in [0.15, 0.2) is 18.2 Å². The highest BCUT2D eigenvalue weighted by molar-refractivity contribution is 6.18. The molecule has 0 aliphatic carbocycles. The van der Waals surface area contributed by atoms with Gasteiger partial charge in [-0.2, -0.15) is 0 Å². The van der Waals surface area contributed by atoms with Crippen LogP contribution in [0.1, 0.15) is 29.3 Å². The molecule has 0 heterocycles. The van der Waals surface area contributed by atoms with Gasteiger partial charge in [-0.3, -0.25) is 14.9 Å². The molecule has 0 bridgehead atoms. The van der Waals surface area contributed by atoms with Crippen LogP contribution in [0.4, 0.5) is 5.69 Å². The average Bonchev–Trinajstić information content (AvgIpc) is 2.37. The predicted octanol–water partition coefficient (Wildman–Crippen LogP) is 2.99. The third-order valence-electron chi connectivity index (χ3n) is 2.87. The fourth-order valence-corrected chi connectivity index (χ4v) is 2.11. The lowest BCUT2D eigenvalue weighted by Gasteiger charge is -2.21. The van der Waals surface area contributed by atoms with Crippen LogP contribution in [-0.4, -0.2) is 34.7 Å². The highest BCUT2D eigenvalue weighted by Crippen LogP contribution is 2.22. The molecule has 0 unspecified atom stereocenters. The first-order valence-electron chi connectivity index (χ1n) is 6.12. The molecule has 1 rings (SSSR count). The standard InChI is InChI=1S/C13H17ClN2O3/c1-3-8-15(9-7-14)13(17)11-5-4-6-12(10(11)2)16(18)19/h4-6H,3,7-9H2,1-2H3. The summed E-state index contributed by atoms with van der Waals surface area (Å²) >= 11 is 5.68. The van der Waals surface area contributed by atoms with Crippen LogP contribution in [0.2, 0.25) is 0 Å². The lowest BCUT2D eigenvalue weighted by atomic mass is 10.1. The van der Waals surface area contributed by atoms with Crippen molar-refractivity contribution in [3.8, 4) is 0 Å². The first-order valence-corrected chi connectivity index (χ1v) is 6.65. The van der Waals surface area contributed by atoms with Crippen LogP contribution in [0, 0.1) is 17.0 Å². The van der Waals surface area contributed by atoms with Crippen molar-refractivity contribution in [3.05, 3.63) is 39.4 Å². The van der Waals surface area contributed by atoms with E-state index < -0.39 is 4.92 Å². The number of hydrogen-bond donors (Lipinski definition) is 0. The van der Waals surface area contributed by atoms with Gasteiger partial charge in [0.15, 0.2) is 0 Å². The Hall–Kier alpha value is -1.62. The Morgan fingerprint density at radius 3 is 2.63 bits per heavy atom. The van der Waals surface area contributed by atoms with Gasteiger partial charge < -0.3 is 4.90 Å². The zero-order chi connectivity index (χ0) is 14.4. The monoisotopic (exact) mass is 284 g/mol. The molecule has 0 saturated carbocycles. The van der Waals surface area contributed by atoms with Gasteiger partial charge in [-0.05, 0) is 19.4 Å². The molecule has 0 aromatic heterocycles. The van der Waals surface area contributed by atoms with Crippen LogP contribution in [0.5, 0.6) is 0 Å². The first-order chi connectivity index (χ1) is 9.02. The third kappa shape index (κ3) is 3.67. The topological polar surface area (TPSA) is 63.5 Å². The highest BCUT2D eigenvalue weighted by atomic mass is 35.5. The summed E-state index contributed by atoms with van der Waals surface area (Å²) < 4.78 is 0. The third-order valence-corrected chi connectivity index (χ3v) is 3.04. The summed E-state index contributed by atoms with van der Waals surface area (Å²) in [6, 6.07) is 4.54. The molecule has 0 aliphatic rings. The summed E-state index contributed by atoms with van der Waals surface area (Å²) in [5, 5.41) is 10.9. The predicted molar refractivity (Wildman–Crippen MR) is 74.7 cm³/mol. The molecule has 1 aromatic carbocycles. The van der Waals surface area contributed by atoms with Crippen molar-refractivity contribution >= 4 is 23.2 Å². The van der Waals surface area contributed by atoms with E-state index in [9.17, 15) is 14.9 Å². The number of benzene rings is 1. The zero-order valence-corrected chi connectivity index (χ0v) is 11.8. The SMILES string of the molecule is CCCN(CCCl)C(=O)c1cccc([N+](=O)[O-])c1C. The molecule has 0 aliphatic heterocycles. The Labute approximate surface area is 117 Å². The Kier molecular flexibility index (Phi) is 5.76. The molecule has 0 saturated heterocycles.